The van der Waals surface area contributed by atoms with Gasteiger partial charge in [0.2, 0.25) is 0 Å². The van der Waals surface area contributed by atoms with E-state index in [9.17, 15) is 10.2 Å². The van der Waals surface area contributed by atoms with Gasteiger partial charge in [0.25, 0.3) is 0 Å². The second-order valence-electron chi connectivity index (χ2n) is 9.48. The van der Waals surface area contributed by atoms with Gasteiger partial charge in [0, 0.05) is 18.0 Å². The minimum Gasteiger partial charge on any atom is -0.390 e. The van der Waals surface area contributed by atoms with Crippen LogP contribution in [-0.4, -0.2) is 26.3 Å². The van der Waals surface area contributed by atoms with Crippen molar-refractivity contribution >= 4 is 0 Å². The van der Waals surface area contributed by atoms with E-state index in [1.807, 2.05) is 36.7 Å². The van der Waals surface area contributed by atoms with Gasteiger partial charge in [0.15, 0.2) is 5.82 Å². The molecule has 0 spiro atoms. The lowest BCUT2D eigenvalue weighted by Crippen LogP contribution is -2.18. The third-order valence-electron chi connectivity index (χ3n) is 6.50. The zero-order valence-electron chi connectivity index (χ0n) is 21.0. The van der Waals surface area contributed by atoms with Crippen LogP contribution in [-0.2, 0) is 6.42 Å². The van der Waals surface area contributed by atoms with Crippen LogP contribution in [0.3, 0.4) is 0 Å². The van der Waals surface area contributed by atoms with Gasteiger partial charge >= 0.3 is 0 Å². The van der Waals surface area contributed by atoms with E-state index < -0.39 is 12.2 Å². The quantitative estimate of drug-likeness (QED) is 0.228. The number of nitrogens with zero attached hydrogens (tertiary/aromatic N) is 2. The fourth-order valence-corrected chi connectivity index (χ4v) is 4.26. The first-order valence-electron chi connectivity index (χ1n) is 13.4. The van der Waals surface area contributed by atoms with Crippen LogP contribution in [0.5, 0.6) is 0 Å². The zero-order valence-corrected chi connectivity index (χ0v) is 21.0. The standard InChI is InChI=1S/C29H46N2O2/c1-3-5-7-9-10-11-13-14-16-24-22-30-29(31-23-24)26-20-18-25(19-21-26)28(33)27(32)17-15-12-8-6-4-2/h18-23,27-28,32-33H,3-17H2,1-2H3. The maximum atomic E-state index is 10.5. The van der Waals surface area contributed by atoms with Crippen LogP contribution >= 0.6 is 0 Å². The number of benzene rings is 1. The number of aromatic nitrogens is 2. The van der Waals surface area contributed by atoms with Crippen molar-refractivity contribution in [1.82, 2.24) is 9.97 Å². The molecule has 4 nitrogen and oxygen atoms in total. The van der Waals surface area contributed by atoms with Crippen molar-refractivity contribution in [2.75, 3.05) is 0 Å². The van der Waals surface area contributed by atoms with Crippen LogP contribution in [0.25, 0.3) is 11.4 Å². The first kappa shape index (κ1) is 27.5. The van der Waals surface area contributed by atoms with E-state index in [0.29, 0.717) is 12.2 Å². The average molecular weight is 455 g/mol. The van der Waals surface area contributed by atoms with Gasteiger partial charge in [-0.3, -0.25) is 0 Å². The summed E-state index contributed by atoms with van der Waals surface area (Å²) in [6.45, 7) is 4.45. The van der Waals surface area contributed by atoms with E-state index in [0.717, 1.165) is 30.4 Å². The van der Waals surface area contributed by atoms with Crippen molar-refractivity contribution in [2.24, 2.45) is 0 Å². The predicted molar refractivity (Wildman–Crippen MR) is 138 cm³/mol. The topological polar surface area (TPSA) is 66.2 Å². The lowest BCUT2D eigenvalue weighted by Gasteiger charge is -2.18. The Hall–Kier alpha value is -1.78. The zero-order chi connectivity index (χ0) is 23.7. The maximum Gasteiger partial charge on any atom is 0.159 e. The number of aryl methyl sites for hydroxylation is 1. The van der Waals surface area contributed by atoms with Crippen LogP contribution in [0.4, 0.5) is 0 Å². The Kier molecular flexibility index (Phi) is 14.0. The molecule has 0 aliphatic heterocycles. The molecule has 0 saturated heterocycles. The Labute approximate surface area is 201 Å². The van der Waals surface area contributed by atoms with E-state index in [4.69, 9.17) is 0 Å². The summed E-state index contributed by atoms with van der Waals surface area (Å²) in [5, 5.41) is 20.8. The Morgan fingerprint density at radius 3 is 1.76 bits per heavy atom. The van der Waals surface area contributed by atoms with Crippen molar-refractivity contribution in [2.45, 2.75) is 122 Å². The molecular formula is C29H46N2O2. The summed E-state index contributed by atoms with van der Waals surface area (Å²) >= 11 is 0. The third-order valence-corrected chi connectivity index (χ3v) is 6.50. The van der Waals surface area contributed by atoms with E-state index >= 15 is 0 Å². The highest BCUT2D eigenvalue weighted by Gasteiger charge is 2.18. The summed E-state index contributed by atoms with van der Waals surface area (Å²) in [5.41, 5.74) is 2.86. The molecule has 33 heavy (non-hydrogen) atoms. The van der Waals surface area contributed by atoms with Crippen LogP contribution < -0.4 is 0 Å². The van der Waals surface area contributed by atoms with Gasteiger partial charge in [-0.15, -0.1) is 0 Å². The largest absolute Gasteiger partial charge is 0.390 e. The fraction of sp³-hybridized carbons (Fsp3) is 0.655. The Morgan fingerprint density at radius 1 is 0.667 bits per heavy atom. The number of hydrogen-bond acceptors (Lipinski definition) is 4. The molecule has 0 fully saturated rings. The molecule has 2 N–H and O–H groups in total. The molecule has 0 bridgehead atoms. The molecule has 2 atom stereocenters. The molecule has 2 rings (SSSR count). The molecule has 184 valence electrons. The van der Waals surface area contributed by atoms with Crippen LogP contribution in [0.2, 0.25) is 0 Å². The molecule has 0 amide bonds. The molecule has 1 heterocycles. The minimum absolute atomic E-state index is 0.635. The van der Waals surface area contributed by atoms with Gasteiger partial charge in [-0.2, -0.15) is 0 Å². The molecule has 4 heteroatoms. The Morgan fingerprint density at radius 2 is 1.18 bits per heavy atom. The van der Waals surface area contributed by atoms with E-state index in [1.54, 1.807) is 0 Å². The number of aliphatic hydroxyl groups is 2. The molecule has 0 aliphatic carbocycles. The van der Waals surface area contributed by atoms with E-state index in [-0.39, 0.29) is 0 Å². The van der Waals surface area contributed by atoms with Crippen LogP contribution in [0, 0.1) is 0 Å². The first-order valence-corrected chi connectivity index (χ1v) is 13.4. The van der Waals surface area contributed by atoms with E-state index in [2.05, 4.69) is 23.8 Å². The molecule has 2 aromatic rings. The summed E-state index contributed by atoms with van der Waals surface area (Å²) in [6, 6.07) is 7.61. The van der Waals surface area contributed by atoms with Gasteiger partial charge in [0.05, 0.1) is 6.10 Å². The summed E-state index contributed by atoms with van der Waals surface area (Å²) in [6.07, 6.45) is 20.3. The average Bonchev–Trinajstić information content (AvgIpc) is 2.85. The van der Waals surface area contributed by atoms with Crippen LogP contribution in [0.15, 0.2) is 36.7 Å². The first-order chi connectivity index (χ1) is 16.2. The molecular weight excluding hydrogens is 408 g/mol. The smallest absolute Gasteiger partial charge is 0.159 e. The second kappa shape index (κ2) is 16.8. The fourth-order valence-electron chi connectivity index (χ4n) is 4.26. The van der Waals surface area contributed by atoms with Gasteiger partial charge in [0.1, 0.15) is 6.10 Å². The van der Waals surface area contributed by atoms with E-state index in [1.165, 1.54) is 76.2 Å². The van der Waals surface area contributed by atoms with Gasteiger partial charge in [-0.1, -0.05) is 115 Å². The second-order valence-corrected chi connectivity index (χ2v) is 9.48. The highest BCUT2D eigenvalue weighted by Crippen LogP contribution is 2.24. The molecule has 0 saturated carbocycles. The highest BCUT2D eigenvalue weighted by atomic mass is 16.3. The number of aliphatic hydroxyl groups excluding tert-OH is 2. The maximum absolute atomic E-state index is 10.5. The molecule has 0 radical (unpaired) electrons. The summed E-state index contributed by atoms with van der Waals surface area (Å²) in [5.74, 6) is 0.701. The molecule has 1 aromatic carbocycles. The Bertz CT molecular complexity index is 730. The summed E-state index contributed by atoms with van der Waals surface area (Å²) in [4.78, 5) is 9.10. The monoisotopic (exact) mass is 454 g/mol. The number of unbranched alkanes of at least 4 members (excludes halogenated alkanes) is 11. The van der Waals surface area contributed by atoms with Crippen molar-refractivity contribution < 1.29 is 10.2 Å². The van der Waals surface area contributed by atoms with Crippen molar-refractivity contribution in [3.05, 3.63) is 47.8 Å². The number of hydrogen-bond donors (Lipinski definition) is 2. The third kappa shape index (κ3) is 10.8. The van der Waals surface area contributed by atoms with Crippen molar-refractivity contribution in [3.8, 4) is 11.4 Å². The summed E-state index contributed by atoms with van der Waals surface area (Å²) < 4.78 is 0. The lowest BCUT2D eigenvalue weighted by molar-refractivity contribution is 0.0120. The summed E-state index contributed by atoms with van der Waals surface area (Å²) in [7, 11) is 0. The number of rotatable bonds is 18. The van der Waals surface area contributed by atoms with Gasteiger partial charge < -0.3 is 10.2 Å². The van der Waals surface area contributed by atoms with Gasteiger partial charge in [-0.25, -0.2) is 9.97 Å². The van der Waals surface area contributed by atoms with Crippen molar-refractivity contribution in [1.29, 1.82) is 0 Å². The molecule has 2 unspecified atom stereocenters. The Balaban J connectivity index is 1.74. The predicted octanol–water partition coefficient (Wildman–Crippen LogP) is 7.58. The highest BCUT2D eigenvalue weighted by molar-refractivity contribution is 5.55. The van der Waals surface area contributed by atoms with Crippen molar-refractivity contribution in [3.63, 3.8) is 0 Å². The minimum atomic E-state index is -0.847. The SMILES string of the molecule is CCCCCCCCCCc1cnc(-c2ccc(C(O)C(O)CCCCCCC)cc2)nc1. The van der Waals surface area contributed by atoms with Crippen LogP contribution in [0.1, 0.15) is 121 Å². The molecule has 1 aromatic heterocycles. The van der Waals surface area contributed by atoms with Gasteiger partial charge in [-0.05, 0) is 30.4 Å². The lowest BCUT2D eigenvalue weighted by atomic mass is 9.98. The molecule has 0 aliphatic rings. The normalized spacial score (nSPS) is 13.2.